The highest BCUT2D eigenvalue weighted by Crippen LogP contribution is 2.23. The summed E-state index contributed by atoms with van der Waals surface area (Å²) in [7, 11) is 0. The van der Waals surface area contributed by atoms with Crippen molar-refractivity contribution in [2.24, 2.45) is 5.73 Å². The predicted molar refractivity (Wildman–Crippen MR) is 86.6 cm³/mol. The summed E-state index contributed by atoms with van der Waals surface area (Å²) < 4.78 is 6.67. The summed E-state index contributed by atoms with van der Waals surface area (Å²) in [6, 6.07) is 4.38. The van der Waals surface area contributed by atoms with Crippen LogP contribution in [-0.2, 0) is 9.59 Å². The highest BCUT2D eigenvalue weighted by molar-refractivity contribution is 5.98. The number of hydrogen-bond acceptors (Lipinski definition) is 6. The number of aromatic nitrogens is 2. The first-order chi connectivity index (χ1) is 11.6. The van der Waals surface area contributed by atoms with Gasteiger partial charge in [0.2, 0.25) is 5.91 Å². The summed E-state index contributed by atoms with van der Waals surface area (Å²) in [6.07, 6.45) is 2.67. The number of imide groups is 1. The van der Waals surface area contributed by atoms with Gasteiger partial charge in [0.25, 0.3) is 11.5 Å². The molecular formula is C16H18N4O4. The molecule has 3 N–H and O–H groups in total. The molecule has 1 aliphatic rings. The Bertz CT molecular complexity index is 846. The number of benzene rings is 1. The Morgan fingerprint density at radius 1 is 1.33 bits per heavy atom. The maximum absolute atomic E-state index is 12.9. The van der Waals surface area contributed by atoms with Crippen LogP contribution in [-0.4, -0.2) is 34.7 Å². The van der Waals surface area contributed by atoms with E-state index in [4.69, 9.17) is 10.5 Å². The lowest BCUT2D eigenvalue weighted by molar-refractivity contribution is -0.131. The Hall–Kier alpha value is -2.74. The Kier molecular flexibility index (Phi) is 4.57. The highest BCUT2D eigenvalue weighted by Gasteiger charge is 2.28. The molecule has 1 aromatic heterocycles. The van der Waals surface area contributed by atoms with Crippen LogP contribution in [0.3, 0.4) is 0 Å². The molecule has 1 saturated heterocycles. The second-order valence-electron chi connectivity index (χ2n) is 5.57. The third kappa shape index (κ3) is 3.00. The van der Waals surface area contributed by atoms with E-state index >= 15 is 0 Å². The average molecular weight is 330 g/mol. The minimum atomic E-state index is -0.809. The summed E-state index contributed by atoms with van der Waals surface area (Å²) in [5.41, 5.74) is 5.03. The van der Waals surface area contributed by atoms with Gasteiger partial charge in [-0.3, -0.25) is 19.7 Å². The van der Waals surface area contributed by atoms with E-state index in [0.717, 1.165) is 4.68 Å². The van der Waals surface area contributed by atoms with Crippen LogP contribution >= 0.6 is 0 Å². The van der Waals surface area contributed by atoms with Crippen LogP contribution in [0.5, 0.6) is 5.75 Å². The van der Waals surface area contributed by atoms with Crippen LogP contribution < -0.4 is 21.3 Å². The fourth-order valence-electron chi connectivity index (χ4n) is 2.79. The molecule has 0 saturated carbocycles. The Balaban J connectivity index is 2.09. The summed E-state index contributed by atoms with van der Waals surface area (Å²) in [4.78, 5) is 36.5. The van der Waals surface area contributed by atoms with Crippen LogP contribution in [0.15, 0.2) is 29.2 Å². The van der Waals surface area contributed by atoms with Crippen molar-refractivity contribution in [1.82, 2.24) is 15.1 Å². The van der Waals surface area contributed by atoms with Gasteiger partial charge in [0.05, 0.1) is 11.6 Å². The zero-order valence-electron chi connectivity index (χ0n) is 13.0. The van der Waals surface area contributed by atoms with Gasteiger partial charge in [0.15, 0.2) is 0 Å². The molecule has 2 aromatic rings. The zero-order chi connectivity index (χ0) is 17.1. The van der Waals surface area contributed by atoms with Crippen LogP contribution in [0.25, 0.3) is 10.8 Å². The fraction of sp³-hybridized carbons (Fsp3) is 0.375. The predicted octanol–water partition coefficient (Wildman–Crippen LogP) is 0.102. The third-order valence-corrected chi connectivity index (χ3v) is 3.92. The minimum absolute atomic E-state index is 0.259. The number of ether oxygens (including phenoxy) is 1. The first kappa shape index (κ1) is 16.1. The number of rotatable bonds is 4. The number of nitrogens with zero attached hydrogens (tertiary/aromatic N) is 2. The van der Waals surface area contributed by atoms with Crippen LogP contribution in [0, 0.1) is 0 Å². The molecule has 2 heterocycles. The Morgan fingerprint density at radius 2 is 2.17 bits per heavy atom. The standard InChI is InChI=1S/C16H18N4O4/c17-7-8-24-12-5-1-3-10-9-18-20(16(23)14(10)12)11-4-2-6-13(21)19-15(11)22/h1,3,5,9,11H,2,4,6-8,17H2,(H,19,21,22). The Labute approximate surface area is 137 Å². The lowest BCUT2D eigenvalue weighted by atomic mass is 10.1. The minimum Gasteiger partial charge on any atom is -0.491 e. The van der Waals surface area contributed by atoms with Crippen molar-refractivity contribution in [2.75, 3.05) is 13.2 Å². The van der Waals surface area contributed by atoms with Gasteiger partial charge in [0.1, 0.15) is 18.4 Å². The molecule has 0 spiro atoms. The largest absolute Gasteiger partial charge is 0.491 e. The van der Waals surface area contributed by atoms with Crippen molar-refractivity contribution in [3.63, 3.8) is 0 Å². The molecule has 0 aliphatic carbocycles. The summed E-state index contributed by atoms with van der Waals surface area (Å²) in [6.45, 7) is 0.599. The van der Waals surface area contributed by atoms with Crippen molar-refractivity contribution in [3.05, 3.63) is 34.7 Å². The zero-order valence-corrected chi connectivity index (χ0v) is 13.0. The molecule has 0 radical (unpaired) electrons. The summed E-state index contributed by atoms with van der Waals surface area (Å²) >= 11 is 0. The summed E-state index contributed by atoms with van der Waals surface area (Å²) in [5, 5.41) is 7.38. The smallest absolute Gasteiger partial charge is 0.279 e. The molecule has 0 bridgehead atoms. The average Bonchev–Trinajstić information content (AvgIpc) is 2.73. The molecular weight excluding hydrogens is 312 g/mol. The number of amides is 2. The second-order valence-corrected chi connectivity index (χ2v) is 5.57. The maximum Gasteiger partial charge on any atom is 0.279 e. The molecule has 126 valence electrons. The fourth-order valence-corrected chi connectivity index (χ4v) is 2.79. The molecule has 2 amide bonds. The lowest BCUT2D eigenvalue weighted by Gasteiger charge is -2.16. The molecule has 1 fully saturated rings. The van der Waals surface area contributed by atoms with Gasteiger partial charge in [-0.2, -0.15) is 5.10 Å². The molecule has 1 aliphatic heterocycles. The molecule has 1 unspecified atom stereocenters. The summed E-state index contributed by atoms with van der Waals surface area (Å²) in [5.74, 6) is -0.431. The van der Waals surface area contributed by atoms with Crippen LogP contribution in [0.2, 0.25) is 0 Å². The molecule has 1 atom stereocenters. The number of nitrogens with two attached hydrogens (primary N) is 1. The number of fused-ring (bicyclic) bond motifs is 1. The second kappa shape index (κ2) is 6.79. The Morgan fingerprint density at radius 3 is 2.96 bits per heavy atom. The third-order valence-electron chi connectivity index (χ3n) is 3.92. The van der Waals surface area contributed by atoms with E-state index in [0.29, 0.717) is 35.9 Å². The van der Waals surface area contributed by atoms with Gasteiger partial charge < -0.3 is 10.5 Å². The highest BCUT2D eigenvalue weighted by atomic mass is 16.5. The van der Waals surface area contributed by atoms with Crippen LogP contribution in [0.4, 0.5) is 0 Å². The SMILES string of the molecule is NCCOc1cccc2cnn(C3CCCC(=O)NC3=O)c(=O)c12. The van der Waals surface area contributed by atoms with Gasteiger partial charge in [-0.05, 0) is 18.9 Å². The van der Waals surface area contributed by atoms with Gasteiger partial charge in [-0.25, -0.2) is 4.68 Å². The number of carbonyl (C=O) groups excluding carboxylic acids is 2. The quantitative estimate of drug-likeness (QED) is 0.768. The molecule has 3 rings (SSSR count). The van der Waals surface area contributed by atoms with Crippen molar-refractivity contribution >= 4 is 22.6 Å². The van der Waals surface area contributed by atoms with Crippen molar-refractivity contribution < 1.29 is 14.3 Å². The van der Waals surface area contributed by atoms with Gasteiger partial charge >= 0.3 is 0 Å². The molecule has 8 nitrogen and oxygen atoms in total. The monoisotopic (exact) mass is 330 g/mol. The normalized spacial score (nSPS) is 18.3. The maximum atomic E-state index is 12.9. The van der Waals surface area contributed by atoms with Crippen LogP contribution in [0.1, 0.15) is 25.3 Å². The number of carbonyl (C=O) groups is 2. The van der Waals surface area contributed by atoms with E-state index in [9.17, 15) is 14.4 Å². The van der Waals surface area contributed by atoms with Crippen molar-refractivity contribution in [2.45, 2.75) is 25.3 Å². The number of nitrogens with one attached hydrogen (secondary N) is 1. The lowest BCUT2D eigenvalue weighted by Crippen LogP contribution is -2.39. The van der Waals surface area contributed by atoms with Crippen molar-refractivity contribution in [1.29, 1.82) is 0 Å². The molecule has 8 heteroatoms. The van der Waals surface area contributed by atoms with E-state index < -0.39 is 17.5 Å². The van der Waals surface area contributed by atoms with Crippen molar-refractivity contribution in [3.8, 4) is 5.75 Å². The van der Waals surface area contributed by atoms with E-state index in [2.05, 4.69) is 10.4 Å². The van der Waals surface area contributed by atoms with E-state index in [1.165, 1.54) is 6.20 Å². The van der Waals surface area contributed by atoms with Gasteiger partial charge in [-0.1, -0.05) is 12.1 Å². The van der Waals surface area contributed by atoms with E-state index in [1.54, 1.807) is 18.2 Å². The first-order valence-electron chi connectivity index (χ1n) is 7.79. The number of hydrogen-bond donors (Lipinski definition) is 2. The first-order valence-corrected chi connectivity index (χ1v) is 7.79. The van der Waals surface area contributed by atoms with Gasteiger partial charge in [0, 0.05) is 18.4 Å². The van der Waals surface area contributed by atoms with Gasteiger partial charge in [-0.15, -0.1) is 0 Å². The topological polar surface area (TPSA) is 116 Å². The molecule has 24 heavy (non-hydrogen) atoms. The van der Waals surface area contributed by atoms with E-state index in [1.807, 2.05) is 0 Å². The molecule has 1 aromatic carbocycles. The van der Waals surface area contributed by atoms with E-state index in [-0.39, 0.29) is 18.9 Å².